The Morgan fingerprint density at radius 2 is 2.19 bits per heavy atom. The van der Waals surface area contributed by atoms with Gasteiger partial charge in [0.1, 0.15) is 4.88 Å². The molecule has 0 saturated heterocycles. The lowest BCUT2D eigenvalue weighted by Gasteiger charge is -2.04. The summed E-state index contributed by atoms with van der Waals surface area (Å²) in [7, 11) is 1.31. The van der Waals surface area contributed by atoms with Gasteiger partial charge >= 0.3 is 5.97 Å². The topological polar surface area (TPSA) is 55.4 Å². The first-order valence-electron chi connectivity index (χ1n) is 4.70. The Balaban J connectivity index is 2.98. The Kier molecular flexibility index (Phi) is 4.25. The van der Waals surface area contributed by atoms with Gasteiger partial charge in [-0.3, -0.25) is 4.79 Å². The molecule has 1 aromatic rings. The van der Waals surface area contributed by atoms with Crippen LogP contribution in [0.1, 0.15) is 22.2 Å². The van der Waals surface area contributed by atoms with Gasteiger partial charge in [-0.05, 0) is 30.9 Å². The van der Waals surface area contributed by atoms with Gasteiger partial charge in [0.2, 0.25) is 5.91 Å². The number of ether oxygens (including phenoxy) is 1. The fourth-order valence-electron chi connectivity index (χ4n) is 1.16. The van der Waals surface area contributed by atoms with Crippen LogP contribution in [0.2, 0.25) is 0 Å². The van der Waals surface area contributed by atoms with Crippen LogP contribution in [0.25, 0.3) is 0 Å². The van der Waals surface area contributed by atoms with Crippen LogP contribution in [0, 0.1) is 6.92 Å². The molecule has 1 N–H and O–H groups in total. The van der Waals surface area contributed by atoms with Crippen molar-refractivity contribution >= 4 is 28.9 Å². The number of thiophene rings is 1. The number of carbonyl (C=O) groups excluding carboxylic acids is 2. The predicted molar refractivity (Wildman–Crippen MR) is 63.8 cm³/mol. The number of anilines is 1. The molecule has 0 aromatic carbocycles. The SMILES string of the molecule is C/C=C/C(=O)Nc1c(C)csc1C(=O)OC. The number of amides is 1. The highest BCUT2D eigenvalue weighted by Crippen LogP contribution is 2.28. The molecule has 0 aliphatic heterocycles. The molecular weight excluding hydrogens is 226 g/mol. The third-order valence-corrected chi connectivity index (χ3v) is 2.99. The van der Waals surface area contributed by atoms with E-state index in [1.165, 1.54) is 24.5 Å². The molecule has 1 heterocycles. The Morgan fingerprint density at radius 1 is 1.50 bits per heavy atom. The Labute approximate surface area is 97.9 Å². The number of esters is 1. The van der Waals surface area contributed by atoms with E-state index in [1.807, 2.05) is 6.92 Å². The second-order valence-electron chi connectivity index (χ2n) is 3.10. The fraction of sp³-hybridized carbons (Fsp3) is 0.273. The number of hydrogen-bond donors (Lipinski definition) is 1. The van der Waals surface area contributed by atoms with Gasteiger partial charge in [0.05, 0.1) is 12.8 Å². The van der Waals surface area contributed by atoms with E-state index in [-0.39, 0.29) is 5.91 Å². The first-order valence-corrected chi connectivity index (χ1v) is 5.58. The van der Waals surface area contributed by atoms with E-state index in [9.17, 15) is 9.59 Å². The summed E-state index contributed by atoms with van der Waals surface area (Å²) in [5.74, 6) is -0.692. The lowest BCUT2D eigenvalue weighted by molar-refractivity contribution is -0.111. The first kappa shape index (κ1) is 12.4. The van der Waals surface area contributed by atoms with E-state index >= 15 is 0 Å². The zero-order valence-electron chi connectivity index (χ0n) is 9.37. The summed E-state index contributed by atoms with van der Waals surface area (Å²) in [6.07, 6.45) is 3.03. The number of rotatable bonds is 3. The van der Waals surface area contributed by atoms with Crippen molar-refractivity contribution in [2.75, 3.05) is 12.4 Å². The number of nitrogens with one attached hydrogen (secondary N) is 1. The first-order chi connectivity index (χ1) is 7.60. The van der Waals surface area contributed by atoms with Gasteiger partial charge in [-0.15, -0.1) is 11.3 Å². The van der Waals surface area contributed by atoms with Crippen LogP contribution in [0.4, 0.5) is 5.69 Å². The minimum absolute atomic E-state index is 0.255. The molecule has 0 saturated carbocycles. The minimum atomic E-state index is -0.436. The van der Waals surface area contributed by atoms with Crippen LogP contribution < -0.4 is 5.32 Å². The van der Waals surface area contributed by atoms with Crippen molar-refractivity contribution in [3.63, 3.8) is 0 Å². The van der Waals surface area contributed by atoms with Gasteiger partial charge in [0.15, 0.2) is 0 Å². The van der Waals surface area contributed by atoms with E-state index in [0.717, 1.165) is 5.56 Å². The highest BCUT2D eigenvalue weighted by molar-refractivity contribution is 7.12. The van der Waals surface area contributed by atoms with Crippen molar-refractivity contribution in [2.45, 2.75) is 13.8 Å². The molecule has 4 nitrogen and oxygen atoms in total. The summed E-state index contributed by atoms with van der Waals surface area (Å²) in [4.78, 5) is 23.2. The molecule has 0 atom stereocenters. The smallest absolute Gasteiger partial charge is 0.350 e. The lowest BCUT2D eigenvalue weighted by atomic mass is 10.2. The Bertz CT molecular complexity index is 434. The molecule has 5 heteroatoms. The molecule has 1 amide bonds. The van der Waals surface area contributed by atoms with Gasteiger partial charge in [-0.25, -0.2) is 4.79 Å². The molecule has 0 unspecified atom stereocenters. The maximum Gasteiger partial charge on any atom is 0.350 e. The number of allylic oxidation sites excluding steroid dienone is 1. The molecule has 0 fully saturated rings. The monoisotopic (exact) mass is 239 g/mol. The Hall–Kier alpha value is -1.62. The van der Waals surface area contributed by atoms with Crippen molar-refractivity contribution < 1.29 is 14.3 Å². The standard InChI is InChI=1S/C11H13NO3S/c1-4-5-8(13)12-9-7(2)6-16-10(9)11(14)15-3/h4-6H,1-3H3,(H,12,13)/b5-4+. The van der Waals surface area contributed by atoms with E-state index < -0.39 is 5.97 Å². The Morgan fingerprint density at radius 3 is 2.75 bits per heavy atom. The zero-order chi connectivity index (χ0) is 12.1. The molecule has 0 aliphatic carbocycles. The van der Waals surface area contributed by atoms with Crippen LogP contribution >= 0.6 is 11.3 Å². The zero-order valence-corrected chi connectivity index (χ0v) is 10.2. The molecule has 0 radical (unpaired) electrons. The van der Waals surface area contributed by atoms with E-state index in [4.69, 9.17) is 0 Å². The van der Waals surface area contributed by atoms with Crippen LogP contribution in [-0.2, 0) is 9.53 Å². The van der Waals surface area contributed by atoms with E-state index in [1.54, 1.807) is 18.4 Å². The van der Waals surface area contributed by atoms with Crippen molar-refractivity contribution in [3.8, 4) is 0 Å². The number of hydrogen-bond acceptors (Lipinski definition) is 4. The molecule has 0 spiro atoms. The normalized spacial score (nSPS) is 10.4. The lowest BCUT2D eigenvalue weighted by Crippen LogP contribution is -2.11. The summed E-state index contributed by atoms with van der Waals surface area (Å²) in [5.41, 5.74) is 1.38. The van der Waals surface area contributed by atoms with Gasteiger partial charge in [-0.1, -0.05) is 6.08 Å². The molecule has 1 rings (SSSR count). The van der Waals surface area contributed by atoms with Gasteiger partial charge in [0.25, 0.3) is 0 Å². The molecule has 16 heavy (non-hydrogen) atoms. The fourth-order valence-corrected chi connectivity index (χ4v) is 2.08. The average molecular weight is 239 g/mol. The maximum absolute atomic E-state index is 11.4. The maximum atomic E-state index is 11.4. The van der Waals surface area contributed by atoms with Gasteiger partial charge in [-0.2, -0.15) is 0 Å². The van der Waals surface area contributed by atoms with Gasteiger partial charge in [0, 0.05) is 0 Å². The van der Waals surface area contributed by atoms with Crippen molar-refractivity contribution in [1.29, 1.82) is 0 Å². The van der Waals surface area contributed by atoms with Crippen LogP contribution in [0.5, 0.6) is 0 Å². The third-order valence-electron chi connectivity index (χ3n) is 1.91. The quantitative estimate of drug-likeness (QED) is 0.650. The largest absolute Gasteiger partial charge is 0.465 e. The number of aryl methyl sites for hydroxylation is 1. The second-order valence-corrected chi connectivity index (χ2v) is 3.98. The summed E-state index contributed by atoms with van der Waals surface area (Å²) < 4.78 is 4.63. The predicted octanol–water partition coefficient (Wildman–Crippen LogP) is 2.36. The molecule has 86 valence electrons. The summed E-state index contributed by atoms with van der Waals surface area (Å²) in [5, 5.41) is 4.46. The summed E-state index contributed by atoms with van der Waals surface area (Å²) >= 11 is 1.26. The van der Waals surface area contributed by atoms with E-state index in [0.29, 0.717) is 10.6 Å². The average Bonchev–Trinajstić information content (AvgIpc) is 2.60. The summed E-state index contributed by atoms with van der Waals surface area (Å²) in [6, 6.07) is 0. The number of carbonyl (C=O) groups is 2. The number of methoxy groups -OCH3 is 1. The van der Waals surface area contributed by atoms with Gasteiger partial charge < -0.3 is 10.1 Å². The second kappa shape index (κ2) is 5.46. The van der Waals surface area contributed by atoms with Crippen LogP contribution in [0.15, 0.2) is 17.5 Å². The third kappa shape index (κ3) is 2.70. The molecule has 1 aromatic heterocycles. The minimum Gasteiger partial charge on any atom is -0.465 e. The van der Waals surface area contributed by atoms with Crippen LogP contribution in [0.3, 0.4) is 0 Å². The van der Waals surface area contributed by atoms with E-state index in [2.05, 4.69) is 10.1 Å². The molecule has 0 bridgehead atoms. The van der Waals surface area contributed by atoms with Crippen molar-refractivity contribution in [2.24, 2.45) is 0 Å². The highest BCUT2D eigenvalue weighted by atomic mass is 32.1. The highest BCUT2D eigenvalue weighted by Gasteiger charge is 2.17. The van der Waals surface area contributed by atoms with Crippen LogP contribution in [-0.4, -0.2) is 19.0 Å². The molecule has 0 aliphatic rings. The van der Waals surface area contributed by atoms with Crippen molar-refractivity contribution in [1.82, 2.24) is 0 Å². The summed E-state index contributed by atoms with van der Waals surface area (Å²) in [6.45, 7) is 3.58. The van der Waals surface area contributed by atoms with Crippen molar-refractivity contribution in [3.05, 3.63) is 28.0 Å². The molecular formula is C11H13NO3S.